The van der Waals surface area contributed by atoms with Crippen molar-refractivity contribution in [3.63, 3.8) is 0 Å². The van der Waals surface area contributed by atoms with Crippen LogP contribution in [0, 0.1) is 0 Å². The van der Waals surface area contributed by atoms with Gasteiger partial charge in [0.05, 0.1) is 6.21 Å². The van der Waals surface area contributed by atoms with Crippen molar-refractivity contribution in [2.75, 3.05) is 13.4 Å². The van der Waals surface area contributed by atoms with Gasteiger partial charge in [-0.15, -0.1) is 11.8 Å². The van der Waals surface area contributed by atoms with Crippen LogP contribution in [0.15, 0.2) is 28.3 Å². The Labute approximate surface area is 81.4 Å². The van der Waals surface area contributed by atoms with Crippen LogP contribution in [0.1, 0.15) is 5.56 Å². The second-order valence-electron chi connectivity index (χ2n) is 2.34. The number of hydrogen-bond donors (Lipinski definition) is 1. The Morgan fingerprint density at radius 3 is 2.92 bits per heavy atom. The van der Waals surface area contributed by atoms with Crippen LogP contribution in [0.4, 0.5) is 0 Å². The zero-order valence-corrected chi connectivity index (χ0v) is 8.34. The fourth-order valence-electron chi connectivity index (χ4n) is 0.872. The third kappa shape index (κ3) is 2.66. The van der Waals surface area contributed by atoms with Gasteiger partial charge in [-0.1, -0.05) is 5.16 Å². The molecule has 0 atom stereocenters. The second-order valence-corrected chi connectivity index (χ2v) is 3.22. The molecule has 0 saturated heterocycles. The molecular weight excluding hydrogens is 186 g/mol. The summed E-state index contributed by atoms with van der Waals surface area (Å²) in [7, 11) is 1.46. The number of benzene rings is 1. The van der Waals surface area contributed by atoms with E-state index in [1.807, 2.05) is 18.4 Å². The molecule has 1 N–H and O–H groups in total. The summed E-state index contributed by atoms with van der Waals surface area (Å²) in [4.78, 5) is 5.60. The Morgan fingerprint density at radius 1 is 1.54 bits per heavy atom. The van der Waals surface area contributed by atoms with E-state index < -0.39 is 0 Å². The molecule has 0 unspecified atom stereocenters. The Balaban J connectivity index is 2.97. The van der Waals surface area contributed by atoms with E-state index in [9.17, 15) is 5.11 Å². The predicted molar refractivity (Wildman–Crippen MR) is 54.5 cm³/mol. The lowest BCUT2D eigenvalue weighted by atomic mass is 10.2. The van der Waals surface area contributed by atoms with Gasteiger partial charge in [0.2, 0.25) is 0 Å². The molecule has 0 amide bonds. The number of nitrogens with zero attached hydrogens (tertiary/aromatic N) is 1. The van der Waals surface area contributed by atoms with Gasteiger partial charge in [0.25, 0.3) is 0 Å². The quantitative estimate of drug-likeness (QED) is 0.458. The summed E-state index contributed by atoms with van der Waals surface area (Å²) in [5.74, 6) is 0.207. The van der Waals surface area contributed by atoms with E-state index >= 15 is 0 Å². The molecule has 0 radical (unpaired) electrons. The Kier molecular flexibility index (Phi) is 3.64. The molecule has 0 aliphatic rings. The molecule has 0 bridgehead atoms. The van der Waals surface area contributed by atoms with Gasteiger partial charge in [-0.2, -0.15) is 0 Å². The van der Waals surface area contributed by atoms with Crippen molar-refractivity contribution in [1.82, 2.24) is 0 Å². The van der Waals surface area contributed by atoms with E-state index in [-0.39, 0.29) is 5.75 Å². The normalized spacial score (nSPS) is 10.6. The first kappa shape index (κ1) is 9.92. The molecule has 0 heterocycles. The highest BCUT2D eigenvalue weighted by Crippen LogP contribution is 2.22. The third-order valence-corrected chi connectivity index (χ3v) is 2.26. The van der Waals surface area contributed by atoms with E-state index in [0.717, 1.165) is 4.90 Å². The van der Waals surface area contributed by atoms with Gasteiger partial charge in [0.1, 0.15) is 12.9 Å². The van der Waals surface area contributed by atoms with Crippen LogP contribution in [0.25, 0.3) is 0 Å². The summed E-state index contributed by atoms with van der Waals surface area (Å²) in [6, 6.07) is 5.34. The summed E-state index contributed by atoms with van der Waals surface area (Å²) in [6.45, 7) is 0. The first-order valence-electron chi connectivity index (χ1n) is 3.71. The maximum absolute atomic E-state index is 9.40. The predicted octanol–water partition coefficient (Wildman–Crippen LogP) is 2.09. The minimum atomic E-state index is 0.207. The summed E-state index contributed by atoms with van der Waals surface area (Å²) >= 11 is 1.61. The lowest BCUT2D eigenvalue weighted by Gasteiger charge is -2.00. The molecule has 0 aliphatic carbocycles. The van der Waals surface area contributed by atoms with Gasteiger partial charge in [0.15, 0.2) is 0 Å². The molecule has 1 aromatic carbocycles. The van der Waals surface area contributed by atoms with Crippen molar-refractivity contribution in [1.29, 1.82) is 0 Å². The Morgan fingerprint density at radius 2 is 2.31 bits per heavy atom. The average Bonchev–Trinajstić information content (AvgIpc) is 2.17. The zero-order valence-electron chi connectivity index (χ0n) is 7.52. The van der Waals surface area contributed by atoms with Crippen LogP contribution in [0.5, 0.6) is 5.75 Å². The van der Waals surface area contributed by atoms with E-state index in [1.165, 1.54) is 13.3 Å². The van der Waals surface area contributed by atoms with Gasteiger partial charge >= 0.3 is 0 Å². The molecule has 0 spiro atoms. The number of rotatable bonds is 3. The van der Waals surface area contributed by atoms with Gasteiger partial charge < -0.3 is 9.94 Å². The number of phenols is 1. The highest BCUT2D eigenvalue weighted by Gasteiger charge is 1.99. The molecule has 0 fully saturated rings. The Bertz CT molecular complexity index is 312. The maximum atomic E-state index is 9.40. The van der Waals surface area contributed by atoms with Gasteiger partial charge in [-0.05, 0) is 24.5 Å². The molecule has 0 aliphatic heterocycles. The standard InChI is InChI=1S/C9H11NO2S/c1-12-10-6-7-5-8(13-2)3-4-9(7)11/h3-6,11H,1-2H3/b10-6+. The van der Waals surface area contributed by atoms with Gasteiger partial charge in [-0.25, -0.2) is 0 Å². The average molecular weight is 197 g/mol. The number of phenolic OH excluding ortho intramolecular Hbond substituents is 1. The second kappa shape index (κ2) is 4.77. The minimum Gasteiger partial charge on any atom is -0.507 e. The monoisotopic (exact) mass is 197 g/mol. The molecule has 0 saturated carbocycles. The minimum absolute atomic E-state index is 0.207. The van der Waals surface area contributed by atoms with E-state index in [4.69, 9.17) is 0 Å². The lowest BCUT2D eigenvalue weighted by molar-refractivity contribution is 0.215. The van der Waals surface area contributed by atoms with Crippen LogP contribution < -0.4 is 0 Å². The fraction of sp³-hybridized carbons (Fsp3) is 0.222. The molecule has 3 nitrogen and oxygen atoms in total. The zero-order chi connectivity index (χ0) is 9.68. The summed E-state index contributed by atoms with van der Waals surface area (Å²) < 4.78 is 0. The van der Waals surface area contributed by atoms with Gasteiger partial charge in [0, 0.05) is 10.5 Å². The molecule has 70 valence electrons. The molecule has 4 heteroatoms. The number of oxime groups is 1. The fourth-order valence-corrected chi connectivity index (χ4v) is 1.32. The molecular formula is C9H11NO2S. The highest BCUT2D eigenvalue weighted by molar-refractivity contribution is 7.98. The number of hydrogen-bond acceptors (Lipinski definition) is 4. The number of thioether (sulfide) groups is 1. The van der Waals surface area contributed by atoms with Gasteiger partial charge in [-0.3, -0.25) is 0 Å². The topological polar surface area (TPSA) is 41.8 Å². The first-order valence-corrected chi connectivity index (χ1v) is 4.94. The third-order valence-electron chi connectivity index (χ3n) is 1.53. The van der Waals surface area contributed by atoms with Crippen molar-refractivity contribution < 1.29 is 9.94 Å². The van der Waals surface area contributed by atoms with E-state index in [2.05, 4.69) is 9.99 Å². The van der Waals surface area contributed by atoms with Crippen LogP contribution in [0.3, 0.4) is 0 Å². The van der Waals surface area contributed by atoms with Crippen molar-refractivity contribution in [3.05, 3.63) is 23.8 Å². The van der Waals surface area contributed by atoms with Crippen LogP contribution in [0.2, 0.25) is 0 Å². The molecule has 1 rings (SSSR count). The van der Waals surface area contributed by atoms with Crippen molar-refractivity contribution in [2.45, 2.75) is 4.90 Å². The van der Waals surface area contributed by atoms with E-state index in [0.29, 0.717) is 5.56 Å². The van der Waals surface area contributed by atoms with Crippen LogP contribution >= 0.6 is 11.8 Å². The lowest BCUT2D eigenvalue weighted by Crippen LogP contribution is -1.84. The molecule has 13 heavy (non-hydrogen) atoms. The van der Waals surface area contributed by atoms with Crippen molar-refractivity contribution in [2.24, 2.45) is 5.16 Å². The van der Waals surface area contributed by atoms with E-state index in [1.54, 1.807) is 17.8 Å². The number of aromatic hydroxyl groups is 1. The SMILES string of the molecule is CO/N=C/c1cc(SC)ccc1O. The van der Waals surface area contributed by atoms with Crippen molar-refractivity contribution in [3.8, 4) is 5.75 Å². The highest BCUT2D eigenvalue weighted by atomic mass is 32.2. The molecule has 1 aromatic rings. The summed E-state index contributed by atoms with van der Waals surface area (Å²) in [5.41, 5.74) is 0.661. The van der Waals surface area contributed by atoms with Crippen LogP contribution in [-0.2, 0) is 4.84 Å². The Hall–Kier alpha value is -1.16. The van der Waals surface area contributed by atoms with Crippen LogP contribution in [-0.4, -0.2) is 24.7 Å². The smallest absolute Gasteiger partial charge is 0.124 e. The molecule has 0 aromatic heterocycles. The summed E-state index contributed by atoms with van der Waals surface area (Å²) in [6.07, 6.45) is 3.46. The maximum Gasteiger partial charge on any atom is 0.124 e. The summed E-state index contributed by atoms with van der Waals surface area (Å²) in [5, 5.41) is 13.0. The first-order chi connectivity index (χ1) is 6.27. The van der Waals surface area contributed by atoms with Crippen molar-refractivity contribution >= 4 is 18.0 Å². The largest absolute Gasteiger partial charge is 0.507 e.